The third-order valence-electron chi connectivity index (χ3n) is 1.09. The lowest BCUT2D eigenvalue weighted by molar-refractivity contribution is -0.0979. The van der Waals surface area contributed by atoms with Crippen molar-refractivity contribution in [3.8, 4) is 0 Å². The highest BCUT2D eigenvalue weighted by Gasteiger charge is 1.93. The van der Waals surface area contributed by atoms with Gasteiger partial charge in [0.1, 0.15) is 6.79 Å². The van der Waals surface area contributed by atoms with E-state index in [1.807, 2.05) is 6.79 Å². The molecular weight excluding hydrogens is 116 g/mol. The Morgan fingerprint density at radius 3 is 2.11 bits per heavy atom. The van der Waals surface area contributed by atoms with Crippen LogP contribution in [0.3, 0.4) is 0 Å². The maximum atomic E-state index is 8.47. The van der Waals surface area contributed by atoms with E-state index in [9.17, 15) is 0 Å². The van der Waals surface area contributed by atoms with Crippen LogP contribution < -0.4 is 0 Å². The van der Waals surface area contributed by atoms with Crippen LogP contribution in [0.15, 0.2) is 0 Å². The molecule has 2 heteroatoms. The van der Waals surface area contributed by atoms with Crippen molar-refractivity contribution in [2.24, 2.45) is 5.92 Å². The first-order chi connectivity index (χ1) is 4.31. The first-order valence-corrected chi connectivity index (χ1v) is 3.21. The molecule has 1 atom stereocenters. The lowest BCUT2D eigenvalue weighted by Crippen LogP contribution is -1.98. The largest absolute Gasteiger partial charge is 0.396 e. The quantitative estimate of drug-likeness (QED) is 0.627. The molecule has 0 heterocycles. The molecule has 0 aliphatic carbocycles. The molecular formula is C7H16O2. The molecule has 1 N–H and O–H groups in total. The van der Waals surface area contributed by atoms with Crippen LogP contribution in [0.2, 0.25) is 0 Å². The van der Waals surface area contributed by atoms with Gasteiger partial charge in [0.2, 0.25) is 0 Å². The summed E-state index contributed by atoms with van der Waals surface area (Å²) in [6, 6.07) is 0. The van der Waals surface area contributed by atoms with Gasteiger partial charge in [-0.2, -0.15) is 0 Å². The summed E-state index contributed by atoms with van der Waals surface area (Å²) < 4.78 is 0. The maximum Gasteiger partial charge on any atom is 0.106 e. The van der Waals surface area contributed by atoms with E-state index in [0.717, 1.165) is 6.42 Å². The van der Waals surface area contributed by atoms with Crippen molar-refractivity contribution >= 4 is 6.79 Å². The lowest BCUT2D eigenvalue weighted by atomic mass is 10.1. The van der Waals surface area contributed by atoms with Crippen LogP contribution in [-0.2, 0) is 4.79 Å². The molecule has 0 radical (unpaired) electrons. The van der Waals surface area contributed by atoms with Gasteiger partial charge in [-0.15, -0.1) is 0 Å². The molecule has 0 amide bonds. The summed E-state index contributed by atoms with van der Waals surface area (Å²) in [6.07, 6.45) is 2.33. The van der Waals surface area contributed by atoms with Gasteiger partial charge in [-0.1, -0.05) is 20.3 Å². The van der Waals surface area contributed by atoms with Crippen LogP contribution in [-0.4, -0.2) is 18.5 Å². The van der Waals surface area contributed by atoms with Gasteiger partial charge < -0.3 is 9.90 Å². The summed E-state index contributed by atoms with van der Waals surface area (Å²) in [5.41, 5.74) is 0. The minimum atomic E-state index is 0.341. The molecule has 1 unspecified atom stereocenters. The zero-order valence-corrected chi connectivity index (χ0v) is 6.26. The Kier molecular flexibility index (Phi) is 13.4. The molecule has 9 heavy (non-hydrogen) atoms. The number of hydrogen-bond acceptors (Lipinski definition) is 2. The van der Waals surface area contributed by atoms with Crippen molar-refractivity contribution in [2.45, 2.75) is 26.7 Å². The average Bonchev–Trinajstić information content (AvgIpc) is 1.93. The molecule has 0 fully saturated rings. The van der Waals surface area contributed by atoms with Crippen LogP contribution in [0.1, 0.15) is 26.7 Å². The third kappa shape index (κ3) is 11.3. The normalized spacial score (nSPS) is 11.4. The summed E-state index contributed by atoms with van der Waals surface area (Å²) >= 11 is 0. The van der Waals surface area contributed by atoms with Gasteiger partial charge in [0.25, 0.3) is 0 Å². The van der Waals surface area contributed by atoms with Crippen molar-refractivity contribution in [3.63, 3.8) is 0 Å². The SMILES string of the molecule is C=O.CCCC(C)CO. The van der Waals surface area contributed by atoms with Gasteiger partial charge in [0.05, 0.1) is 0 Å². The molecule has 56 valence electrons. The molecule has 0 saturated heterocycles. The van der Waals surface area contributed by atoms with Gasteiger partial charge in [-0.3, -0.25) is 0 Å². The van der Waals surface area contributed by atoms with E-state index in [-0.39, 0.29) is 0 Å². The molecule has 0 rings (SSSR count). The Morgan fingerprint density at radius 1 is 1.56 bits per heavy atom. The van der Waals surface area contributed by atoms with Gasteiger partial charge in [0, 0.05) is 6.61 Å². The van der Waals surface area contributed by atoms with E-state index in [1.54, 1.807) is 0 Å². The van der Waals surface area contributed by atoms with Crippen molar-refractivity contribution in [1.82, 2.24) is 0 Å². The van der Waals surface area contributed by atoms with E-state index in [1.165, 1.54) is 6.42 Å². The molecule has 0 aliphatic heterocycles. The van der Waals surface area contributed by atoms with Crippen LogP contribution in [0.5, 0.6) is 0 Å². The van der Waals surface area contributed by atoms with E-state index in [0.29, 0.717) is 12.5 Å². The van der Waals surface area contributed by atoms with E-state index in [2.05, 4.69) is 13.8 Å². The number of carbonyl (C=O) groups is 1. The monoisotopic (exact) mass is 132 g/mol. The number of rotatable bonds is 3. The third-order valence-corrected chi connectivity index (χ3v) is 1.09. The van der Waals surface area contributed by atoms with Crippen molar-refractivity contribution in [2.75, 3.05) is 6.61 Å². The minimum Gasteiger partial charge on any atom is -0.396 e. The standard InChI is InChI=1S/C6H14O.CH2O/c1-3-4-6(2)5-7;1-2/h6-7H,3-5H2,1-2H3;1H2. The van der Waals surface area contributed by atoms with Crippen molar-refractivity contribution in [1.29, 1.82) is 0 Å². The highest BCUT2D eigenvalue weighted by Crippen LogP contribution is 2.01. The second-order valence-corrected chi connectivity index (χ2v) is 2.08. The van der Waals surface area contributed by atoms with Gasteiger partial charge in [0.15, 0.2) is 0 Å². The van der Waals surface area contributed by atoms with Crippen LogP contribution in [0.25, 0.3) is 0 Å². The highest BCUT2D eigenvalue weighted by atomic mass is 16.3. The Balaban J connectivity index is 0. The van der Waals surface area contributed by atoms with Crippen LogP contribution in [0.4, 0.5) is 0 Å². The minimum absolute atomic E-state index is 0.341. The fraction of sp³-hybridized carbons (Fsp3) is 0.857. The predicted octanol–water partition coefficient (Wildman–Crippen LogP) is 1.23. The average molecular weight is 132 g/mol. The molecule has 0 aliphatic rings. The van der Waals surface area contributed by atoms with Gasteiger partial charge in [-0.05, 0) is 12.3 Å². The zero-order valence-electron chi connectivity index (χ0n) is 6.26. The number of hydrogen-bond donors (Lipinski definition) is 1. The molecule has 0 aromatic carbocycles. The van der Waals surface area contributed by atoms with Gasteiger partial charge in [-0.25, -0.2) is 0 Å². The summed E-state index contributed by atoms with van der Waals surface area (Å²) in [5, 5.41) is 8.47. The molecule has 0 aromatic rings. The van der Waals surface area contributed by atoms with E-state index >= 15 is 0 Å². The first kappa shape index (κ1) is 11.4. The Bertz CT molecular complexity index is 46.2. The van der Waals surface area contributed by atoms with Crippen LogP contribution in [0, 0.1) is 5.92 Å². The highest BCUT2D eigenvalue weighted by molar-refractivity contribution is 5.10. The maximum absolute atomic E-state index is 8.47. The summed E-state index contributed by atoms with van der Waals surface area (Å²) in [7, 11) is 0. The summed E-state index contributed by atoms with van der Waals surface area (Å²) in [4.78, 5) is 8.00. The summed E-state index contributed by atoms with van der Waals surface area (Å²) in [6.45, 7) is 6.53. The first-order valence-electron chi connectivity index (χ1n) is 3.21. The van der Waals surface area contributed by atoms with Crippen molar-refractivity contribution < 1.29 is 9.90 Å². The Labute approximate surface area is 56.9 Å². The molecule has 0 spiro atoms. The number of aliphatic hydroxyl groups excluding tert-OH is 1. The Morgan fingerprint density at radius 2 is 2.00 bits per heavy atom. The summed E-state index contributed by atoms with van der Waals surface area (Å²) in [5.74, 6) is 0.505. The molecule has 0 saturated carbocycles. The lowest BCUT2D eigenvalue weighted by Gasteiger charge is -2.01. The van der Waals surface area contributed by atoms with Gasteiger partial charge >= 0.3 is 0 Å². The second-order valence-electron chi connectivity index (χ2n) is 2.08. The zero-order chi connectivity index (χ0) is 7.70. The fourth-order valence-corrected chi connectivity index (χ4v) is 0.584. The van der Waals surface area contributed by atoms with Crippen LogP contribution >= 0.6 is 0 Å². The molecule has 2 nitrogen and oxygen atoms in total. The topological polar surface area (TPSA) is 37.3 Å². The van der Waals surface area contributed by atoms with Crippen molar-refractivity contribution in [3.05, 3.63) is 0 Å². The second kappa shape index (κ2) is 10.6. The molecule has 0 bridgehead atoms. The number of aliphatic hydroxyl groups is 1. The Hall–Kier alpha value is -0.370. The smallest absolute Gasteiger partial charge is 0.106 e. The predicted molar refractivity (Wildman–Crippen MR) is 38.3 cm³/mol. The van der Waals surface area contributed by atoms with E-state index < -0.39 is 0 Å². The fourth-order valence-electron chi connectivity index (χ4n) is 0.584. The number of carbonyl (C=O) groups excluding carboxylic acids is 1. The molecule has 0 aromatic heterocycles. The van der Waals surface area contributed by atoms with E-state index in [4.69, 9.17) is 9.90 Å².